The van der Waals surface area contributed by atoms with E-state index in [1.165, 1.54) is 19.3 Å². The van der Waals surface area contributed by atoms with E-state index in [1.54, 1.807) is 11.3 Å². The molecule has 0 spiro atoms. The van der Waals surface area contributed by atoms with E-state index in [1.807, 2.05) is 32.0 Å². The lowest BCUT2D eigenvalue weighted by Crippen LogP contribution is -2.30. The molecule has 4 nitrogen and oxygen atoms in total. The third-order valence-corrected chi connectivity index (χ3v) is 7.80. The molecule has 6 heteroatoms. The quantitative estimate of drug-likeness (QED) is 0.462. The Morgan fingerprint density at radius 3 is 2.48 bits per heavy atom. The molecular weight excluding hydrogens is 398 g/mol. The summed E-state index contributed by atoms with van der Waals surface area (Å²) >= 11 is 1.56. The number of anilines is 1. The van der Waals surface area contributed by atoms with Gasteiger partial charge in [0, 0.05) is 24.4 Å². The Hall–Kier alpha value is -1.79. The minimum Gasteiger partial charge on any atom is -0.356 e. The first kappa shape index (κ1) is 21.9. The molecule has 0 saturated carbocycles. The number of hydrogen-bond acceptors (Lipinski definition) is 5. The van der Waals surface area contributed by atoms with Gasteiger partial charge in [0.1, 0.15) is 10.6 Å². The fourth-order valence-corrected chi connectivity index (χ4v) is 6.06. The smallest absolute Gasteiger partial charge is 0.163 e. The van der Waals surface area contributed by atoms with Gasteiger partial charge in [-0.1, -0.05) is 57.5 Å². The van der Waals surface area contributed by atoms with Gasteiger partial charge in [0.15, 0.2) is 5.82 Å². The van der Waals surface area contributed by atoms with Gasteiger partial charge < -0.3 is 4.90 Å². The van der Waals surface area contributed by atoms with Gasteiger partial charge >= 0.3 is 0 Å². The Morgan fingerprint density at radius 2 is 1.79 bits per heavy atom. The Kier molecular flexibility index (Phi) is 8.19. The molecule has 3 heterocycles. The van der Waals surface area contributed by atoms with Crippen LogP contribution in [-0.2, 0) is 10.8 Å². The van der Waals surface area contributed by atoms with E-state index in [0.717, 1.165) is 63.3 Å². The fraction of sp³-hybridized carbons (Fsp3) is 0.478. The second-order valence-electron chi connectivity index (χ2n) is 6.97. The summed E-state index contributed by atoms with van der Waals surface area (Å²) in [7, 11) is -0.948. The van der Waals surface area contributed by atoms with Gasteiger partial charge in [-0.15, -0.1) is 11.3 Å². The fourth-order valence-electron chi connectivity index (χ4n) is 3.44. The van der Waals surface area contributed by atoms with E-state index in [0.29, 0.717) is 0 Å². The minimum absolute atomic E-state index is 0.724. The molecule has 1 unspecified atom stereocenters. The first-order chi connectivity index (χ1) is 14.3. The highest BCUT2D eigenvalue weighted by atomic mass is 32.2. The van der Waals surface area contributed by atoms with Crippen LogP contribution in [-0.4, -0.2) is 33.0 Å². The molecule has 1 aliphatic rings. The van der Waals surface area contributed by atoms with E-state index in [4.69, 9.17) is 9.97 Å². The highest BCUT2D eigenvalue weighted by Crippen LogP contribution is 2.35. The summed E-state index contributed by atoms with van der Waals surface area (Å²) in [6, 6.07) is 12.2. The molecule has 1 aromatic carbocycles. The van der Waals surface area contributed by atoms with Crippen LogP contribution in [0.3, 0.4) is 0 Å². The zero-order valence-electron chi connectivity index (χ0n) is 17.7. The summed E-state index contributed by atoms with van der Waals surface area (Å²) in [4.78, 5) is 13.1. The topological polar surface area (TPSA) is 46.1 Å². The van der Waals surface area contributed by atoms with Crippen molar-refractivity contribution in [1.82, 2.24) is 9.97 Å². The summed E-state index contributed by atoms with van der Waals surface area (Å²) in [6.07, 6.45) is 5.73. The van der Waals surface area contributed by atoms with Crippen molar-refractivity contribution in [1.29, 1.82) is 0 Å². The number of fused-ring (bicyclic) bond motifs is 1. The first-order valence-electron chi connectivity index (χ1n) is 10.8. The normalized spacial score (nSPS) is 15.1. The van der Waals surface area contributed by atoms with Crippen molar-refractivity contribution >= 4 is 38.2 Å². The van der Waals surface area contributed by atoms with Crippen LogP contribution in [0, 0.1) is 0 Å². The molecule has 0 aliphatic carbocycles. The molecule has 0 radical (unpaired) electrons. The van der Waals surface area contributed by atoms with Crippen LogP contribution in [0.2, 0.25) is 0 Å². The van der Waals surface area contributed by atoms with Crippen molar-refractivity contribution in [2.45, 2.75) is 57.1 Å². The number of unbranched alkanes of at least 4 members (excludes halogenated alkanes) is 1. The Balaban J connectivity index is 0.00000117. The number of nitrogens with zero attached hydrogens (tertiary/aromatic N) is 3. The van der Waals surface area contributed by atoms with Gasteiger partial charge in [-0.2, -0.15) is 0 Å². The van der Waals surface area contributed by atoms with Crippen LogP contribution < -0.4 is 4.90 Å². The van der Waals surface area contributed by atoms with Gasteiger partial charge in [0.2, 0.25) is 0 Å². The summed E-state index contributed by atoms with van der Waals surface area (Å²) in [5, 5.41) is 1.06. The number of rotatable bonds is 6. The molecule has 0 N–H and O–H groups in total. The Labute approximate surface area is 180 Å². The zero-order chi connectivity index (χ0) is 20.6. The van der Waals surface area contributed by atoms with Gasteiger partial charge in [0.05, 0.1) is 20.4 Å². The predicted molar refractivity (Wildman–Crippen MR) is 126 cm³/mol. The highest BCUT2D eigenvalue weighted by molar-refractivity contribution is 7.87. The molecule has 29 heavy (non-hydrogen) atoms. The lowest BCUT2D eigenvalue weighted by Gasteiger charge is -2.28. The van der Waals surface area contributed by atoms with Crippen LogP contribution in [0.15, 0.2) is 40.6 Å². The molecule has 1 atom stereocenters. The van der Waals surface area contributed by atoms with Gasteiger partial charge in [-0.05, 0) is 31.7 Å². The molecule has 1 saturated heterocycles. The molecule has 4 rings (SSSR count). The lowest BCUT2D eigenvalue weighted by atomic mass is 10.1. The second-order valence-corrected chi connectivity index (χ2v) is 9.80. The third kappa shape index (κ3) is 5.23. The highest BCUT2D eigenvalue weighted by Gasteiger charge is 2.20. The molecule has 0 amide bonds. The lowest BCUT2D eigenvalue weighted by molar-refractivity contribution is 0.575. The van der Waals surface area contributed by atoms with E-state index in [9.17, 15) is 4.21 Å². The standard InChI is InChI=1S/C21H25N3OS2.C2H6/c1-2-3-14-27(25)18-15-17-20(24-12-8-5-9-13-24)22-19(23-21(17)26-18)16-10-6-4-7-11-16;1-2/h4,6-7,10-11,15H,2-3,5,8-9,12-14H2,1H3;1-2H3. The molecular formula is C23H31N3OS2. The van der Waals surface area contributed by atoms with Crippen LogP contribution in [0.5, 0.6) is 0 Å². The minimum atomic E-state index is -0.948. The maximum absolute atomic E-state index is 12.7. The average Bonchev–Trinajstić information content (AvgIpc) is 3.24. The van der Waals surface area contributed by atoms with E-state index in [-0.39, 0.29) is 0 Å². The summed E-state index contributed by atoms with van der Waals surface area (Å²) in [6.45, 7) is 8.20. The maximum Gasteiger partial charge on any atom is 0.163 e. The first-order valence-corrected chi connectivity index (χ1v) is 12.9. The van der Waals surface area contributed by atoms with Crippen molar-refractivity contribution < 1.29 is 4.21 Å². The number of aromatic nitrogens is 2. The molecule has 1 aliphatic heterocycles. The summed E-state index contributed by atoms with van der Waals surface area (Å²) in [5.41, 5.74) is 1.03. The van der Waals surface area contributed by atoms with Crippen molar-refractivity contribution in [3.63, 3.8) is 0 Å². The van der Waals surface area contributed by atoms with E-state index in [2.05, 4.69) is 30.0 Å². The SMILES string of the molecule is CC.CCCCS(=O)c1cc2c(N3CCCCC3)nc(-c3ccccc3)nc2s1. The number of benzene rings is 1. The van der Waals surface area contributed by atoms with Crippen molar-refractivity contribution in [2.75, 3.05) is 23.7 Å². The van der Waals surface area contributed by atoms with Crippen LogP contribution >= 0.6 is 11.3 Å². The van der Waals surface area contributed by atoms with Crippen molar-refractivity contribution in [3.8, 4) is 11.4 Å². The maximum atomic E-state index is 12.7. The molecule has 1 fully saturated rings. The molecule has 156 valence electrons. The molecule has 0 bridgehead atoms. The largest absolute Gasteiger partial charge is 0.356 e. The van der Waals surface area contributed by atoms with Crippen LogP contribution in [0.1, 0.15) is 52.9 Å². The Morgan fingerprint density at radius 1 is 1.07 bits per heavy atom. The number of thiophene rings is 1. The van der Waals surface area contributed by atoms with Crippen LogP contribution in [0.4, 0.5) is 5.82 Å². The molecule has 3 aromatic rings. The van der Waals surface area contributed by atoms with Crippen molar-refractivity contribution in [2.24, 2.45) is 0 Å². The van der Waals surface area contributed by atoms with Gasteiger partial charge in [-0.3, -0.25) is 4.21 Å². The van der Waals surface area contributed by atoms with E-state index >= 15 is 0 Å². The molecule has 2 aromatic heterocycles. The second kappa shape index (κ2) is 10.8. The van der Waals surface area contributed by atoms with Gasteiger partial charge in [-0.25, -0.2) is 9.97 Å². The predicted octanol–water partition coefficient (Wildman–Crippen LogP) is 6.28. The van der Waals surface area contributed by atoms with E-state index < -0.39 is 10.8 Å². The summed E-state index contributed by atoms with van der Waals surface area (Å²) < 4.78 is 13.6. The number of piperidine rings is 1. The Bertz CT molecular complexity index is 934. The third-order valence-electron chi connectivity index (χ3n) is 4.95. The zero-order valence-corrected chi connectivity index (χ0v) is 19.3. The monoisotopic (exact) mass is 429 g/mol. The number of hydrogen-bond donors (Lipinski definition) is 0. The van der Waals surface area contributed by atoms with Gasteiger partial charge in [0.25, 0.3) is 0 Å². The summed E-state index contributed by atoms with van der Waals surface area (Å²) in [5.74, 6) is 2.49. The van der Waals surface area contributed by atoms with Crippen molar-refractivity contribution in [3.05, 3.63) is 36.4 Å². The van der Waals surface area contributed by atoms with Crippen LogP contribution in [0.25, 0.3) is 21.6 Å². The average molecular weight is 430 g/mol.